The van der Waals surface area contributed by atoms with E-state index in [1.165, 1.54) is 0 Å². The Morgan fingerprint density at radius 3 is 2.67 bits per heavy atom. The fraction of sp³-hybridized carbons (Fsp3) is 0.500. The van der Waals surface area contributed by atoms with Crippen molar-refractivity contribution >= 4 is 0 Å². The summed E-state index contributed by atoms with van der Waals surface area (Å²) in [7, 11) is 0. The molecule has 1 rings (SSSR count). The minimum Gasteiger partial charge on any atom is -0.363 e. The molecule has 1 aromatic heterocycles. The van der Waals surface area contributed by atoms with Crippen molar-refractivity contribution in [1.82, 2.24) is 15.4 Å². The van der Waals surface area contributed by atoms with Crippen molar-refractivity contribution in [2.24, 2.45) is 0 Å². The third kappa shape index (κ3) is 1.49. The molecule has 66 valence electrons. The summed E-state index contributed by atoms with van der Waals surface area (Å²) in [6.07, 6.45) is -1.35. The molecule has 6 heteroatoms. The van der Waals surface area contributed by atoms with Crippen molar-refractivity contribution in [2.75, 3.05) is 0 Å². The average molecular weight is 171 g/mol. The van der Waals surface area contributed by atoms with E-state index in [2.05, 4.69) is 15.4 Å². The van der Waals surface area contributed by atoms with Crippen molar-refractivity contribution < 1.29 is 10.2 Å². The van der Waals surface area contributed by atoms with E-state index in [1.54, 1.807) is 6.92 Å². The SMILES string of the molecule is CCc1c(C(O)O)nn[nH]c1=O. The molecule has 12 heavy (non-hydrogen) atoms. The van der Waals surface area contributed by atoms with Gasteiger partial charge in [-0.25, -0.2) is 5.10 Å². The van der Waals surface area contributed by atoms with Crippen molar-refractivity contribution in [1.29, 1.82) is 0 Å². The van der Waals surface area contributed by atoms with Crippen LogP contribution in [0.5, 0.6) is 0 Å². The molecule has 3 N–H and O–H groups in total. The Balaban J connectivity index is 3.28. The van der Waals surface area contributed by atoms with E-state index < -0.39 is 11.8 Å². The quantitative estimate of drug-likeness (QED) is 0.481. The van der Waals surface area contributed by atoms with Crippen LogP contribution in [0.1, 0.15) is 24.5 Å². The Kier molecular flexibility index (Phi) is 2.51. The molecule has 0 amide bonds. The zero-order valence-corrected chi connectivity index (χ0v) is 6.48. The van der Waals surface area contributed by atoms with Crippen molar-refractivity contribution in [3.8, 4) is 0 Å². The van der Waals surface area contributed by atoms with Gasteiger partial charge in [0.05, 0.1) is 0 Å². The maximum atomic E-state index is 11.0. The number of aliphatic hydroxyl groups excluding tert-OH is 1. The maximum absolute atomic E-state index is 11.0. The average Bonchev–Trinajstić information content (AvgIpc) is 2.03. The molecule has 0 aliphatic heterocycles. The first-order valence-electron chi connectivity index (χ1n) is 3.47. The number of hydrogen-bond donors (Lipinski definition) is 3. The molecule has 0 aliphatic carbocycles. The number of nitrogens with one attached hydrogen (secondary N) is 1. The van der Waals surface area contributed by atoms with Crippen LogP contribution < -0.4 is 5.56 Å². The molecule has 0 spiro atoms. The van der Waals surface area contributed by atoms with Crippen LogP contribution >= 0.6 is 0 Å². The molecule has 0 aliphatic rings. The second-order valence-electron chi connectivity index (χ2n) is 2.23. The van der Waals surface area contributed by atoms with Gasteiger partial charge in [0.1, 0.15) is 5.69 Å². The lowest BCUT2D eigenvalue weighted by molar-refractivity contribution is -0.0474. The fourth-order valence-corrected chi connectivity index (χ4v) is 0.918. The Labute approximate surface area is 67.9 Å². The van der Waals surface area contributed by atoms with E-state index in [4.69, 9.17) is 10.2 Å². The fourth-order valence-electron chi connectivity index (χ4n) is 0.918. The Hall–Kier alpha value is -1.27. The topological polar surface area (TPSA) is 99.1 Å². The van der Waals surface area contributed by atoms with E-state index >= 15 is 0 Å². The monoisotopic (exact) mass is 171 g/mol. The van der Waals surface area contributed by atoms with Gasteiger partial charge in [-0.15, -0.1) is 5.10 Å². The second-order valence-corrected chi connectivity index (χ2v) is 2.23. The number of nitrogens with zero attached hydrogens (tertiary/aromatic N) is 2. The highest BCUT2D eigenvalue weighted by Gasteiger charge is 2.13. The summed E-state index contributed by atoms with van der Waals surface area (Å²) < 4.78 is 0. The molecule has 0 aromatic carbocycles. The summed E-state index contributed by atoms with van der Waals surface area (Å²) in [6.45, 7) is 1.72. The van der Waals surface area contributed by atoms with E-state index in [-0.39, 0.29) is 11.3 Å². The predicted octanol–water partition coefficient (Wildman–Crippen LogP) is -1.29. The van der Waals surface area contributed by atoms with E-state index in [1.807, 2.05) is 0 Å². The van der Waals surface area contributed by atoms with Gasteiger partial charge in [0.2, 0.25) is 0 Å². The lowest BCUT2D eigenvalue weighted by Gasteiger charge is -2.04. The van der Waals surface area contributed by atoms with E-state index in [0.29, 0.717) is 6.42 Å². The van der Waals surface area contributed by atoms with Gasteiger partial charge in [0, 0.05) is 5.56 Å². The van der Waals surface area contributed by atoms with Crippen molar-refractivity contribution in [2.45, 2.75) is 19.6 Å². The molecule has 1 aromatic rings. The highest BCUT2D eigenvalue weighted by atomic mass is 16.5. The Morgan fingerprint density at radius 1 is 1.58 bits per heavy atom. The van der Waals surface area contributed by atoms with Crippen LogP contribution in [0.3, 0.4) is 0 Å². The van der Waals surface area contributed by atoms with Crippen LogP contribution in [0, 0.1) is 0 Å². The number of aromatic nitrogens is 3. The smallest absolute Gasteiger partial charge is 0.270 e. The molecular weight excluding hydrogens is 162 g/mol. The summed E-state index contributed by atoms with van der Waals surface area (Å²) in [5, 5.41) is 26.2. The number of aromatic amines is 1. The van der Waals surface area contributed by atoms with Gasteiger partial charge in [0.15, 0.2) is 6.29 Å². The molecule has 1 heterocycles. The summed E-state index contributed by atoms with van der Waals surface area (Å²) in [5.74, 6) is 0. The maximum Gasteiger partial charge on any atom is 0.270 e. The van der Waals surface area contributed by atoms with Gasteiger partial charge < -0.3 is 10.2 Å². The van der Waals surface area contributed by atoms with Crippen molar-refractivity contribution in [3.63, 3.8) is 0 Å². The molecule has 0 saturated carbocycles. The summed E-state index contributed by atoms with van der Waals surface area (Å²) >= 11 is 0. The zero-order valence-electron chi connectivity index (χ0n) is 6.48. The third-order valence-corrected chi connectivity index (χ3v) is 1.49. The summed E-state index contributed by atoms with van der Waals surface area (Å²) in [6, 6.07) is 0. The minimum atomic E-state index is -1.74. The van der Waals surface area contributed by atoms with Gasteiger partial charge in [0.25, 0.3) is 5.56 Å². The van der Waals surface area contributed by atoms with E-state index in [0.717, 1.165) is 0 Å². The number of rotatable bonds is 2. The normalized spacial score (nSPS) is 10.7. The third-order valence-electron chi connectivity index (χ3n) is 1.49. The standard InChI is InChI=1S/C6H9N3O3/c1-2-3-4(6(11)12)7-9-8-5(3)10/h6,11-12H,2H2,1H3,(H,7,8,10). The first kappa shape index (κ1) is 8.82. The largest absolute Gasteiger partial charge is 0.363 e. The molecule has 0 unspecified atom stereocenters. The van der Waals surface area contributed by atoms with Gasteiger partial charge in [-0.2, -0.15) is 0 Å². The number of H-pyrrole nitrogens is 1. The van der Waals surface area contributed by atoms with E-state index in [9.17, 15) is 4.79 Å². The van der Waals surface area contributed by atoms with Crippen LogP contribution in [0.2, 0.25) is 0 Å². The number of hydrogen-bond acceptors (Lipinski definition) is 5. The minimum absolute atomic E-state index is 0.0822. The molecule has 6 nitrogen and oxygen atoms in total. The van der Waals surface area contributed by atoms with Gasteiger partial charge >= 0.3 is 0 Å². The van der Waals surface area contributed by atoms with Gasteiger partial charge in [-0.1, -0.05) is 12.1 Å². The molecular formula is C6H9N3O3. The van der Waals surface area contributed by atoms with Crippen molar-refractivity contribution in [3.05, 3.63) is 21.6 Å². The number of aliphatic hydroxyl groups is 2. The van der Waals surface area contributed by atoms with Gasteiger partial charge in [-0.3, -0.25) is 4.79 Å². The second kappa shape index (κ2) is 3.42. The Morgan fingerprint density at radius 2 is 2.25 bits per heavy atom. The molecule has 0 saturated heterocycles. The first-order valence-corrected chi connectivity index (χ1v) is 3.47. The summed E-state index contributed by atoms with van der Waals surface area (Å²) in [4.78, 5) is 11.0. The zero-order chi connectivity index (χ0) is 9.14. The molecule has 0 radical (unpaired) electrons. The molecule has 0 fully saturated rings. The van der Waals surface area contributed by atoms with Crippen LogP contribution in [-0.4, -0.2) is 25.6 Å². The van der Waals surface area contributed by atoms with Crippen LogP contribution in [0.4, 0.5) is 0 Å². The lowest BCUT2D eigenvalue weighted by Crippen LogP contribution is -2.20. The highest BCUT2D eigenvalue weighted by molar-refractivity contribution is 5.15. The summed E-state index contributed by atoms with van der Waals surface area (Å²) in [5.41, 5.74) is -0.267. The predicted molar refractivity (Wildman–Crippen MR) is 39.2 cm³/mol. The first-order chi connectivity index (χ1) is 5.66. The molecule has 0 bridgehead atoms. The Bertz CT molecular complexity index is 320. The lowest BCUT2D eigenvalue weighted by atomic mass is 10.2. The van der Waals surface area contributed by atoms with Crippen LogP contribution in [0.15, 0.2) is 4.79 Å². The van der Waals surface area contributed by atoms with Crippen LogP contribution in [-0.2, 0) is 6.42 Å². The van der Waals surface area contributed by atoms with Crippen LogP contribution in [0.25, 0.3) is 0 Å². The highest BCUT2D eigenvalue weighted by Crippen LogP contribution is 2.07. The molecule has 0 atom stereocenters. The van der Waals surface area contributed by atoms with Gasteiger partial charge in [-0.05, 0) is 6.42 Å².